The quantitative estimate of drug-likeness (QED) is 0.757. The Morgan fingerprint density at radius 1 is 1.47 bits per heavy atom. The third kappa shape index (κ3) is 2.03. The van der Waals surface area contributed by atoms with Gasteiger partial charge in [-0.2, -0.15) is 0 Å². The molecule has 0 bridgehead atoms. The Labute approximate surface area is 91.5 Å². The van der Waals surface area contributed by atoms with Crippen molar-refractivity contribution in [3.63, 3.8) is 0 Å². The van der Waals surface area contributed by atoms with E-state index in [9.17, 15) is 4.79 Å². The molecule has 0 aromatic heterocycles. The number of aliphatic carboxylic acids is 1. The number of unbranched alkanes of at least 4 members (excludes halogenated alkanes) is 1. The number of hydrogen-bond acceptors (Lipinski definition) is 2. The van der Waals surface area contributed by atoms with Crippen LogP contribution in [0.5, 0.6) is 0 Å². The Bertz CT molecular complexity index is 240. The maximum Gasteiger partial charge on any atom is 0.320 e. The largest absolute Gasteiger partial charge is 0.480 e. The topological polar surface area (TPSA) is 40.5 Å². The second-order valence-electron chi connectivity index (χ2n) is 5.25. The molecule has 3 nitrogen and oxygen atoms in total. The minimum Gasteiger partial charge on any atom is -0.480 e. The third-order valence-corrected chi connectivity index (χ3v) is 4.05. The van der Waals surface area contributed by atoms with Crippen molar-refractivity contribution in [2.24, 2.45) is 5.41 Å². The van der Waals surface area contributed by atoms with Crippen LogP contribution in [0.15, 0.2) is 0 Å². The number of carboxylic acid groups (broad SMARTS) is 1. The number of nitrogens with zero attached hydrogens (tertiary/aromatic N) is 1. The first-order chi connectivity index (χ1) is 7.17. The molecule has 1 atom stereocenters. The molecule has 1 heterocycles. The molecule has 2 rings (SSSR count). The summed E-state index contributed by atoms with van der Waals surface area (Å²) in [6.07, 6.45) is 6.93. The summed E-state index contributed by atoms with van der Waals surface area (Å²) in [5.74, 6) is -0.627. The summed E-state index contributed by atoms with van der Waals surface area (Å²) in [6, 6.07) is -0.212. The molecule has 1 N–H and O–H groups in total. The van der Waals surface area contributed by atoms with Gasteiger partial charge in [-0.25, -0.2) is 0 Å². The van der Waals surface area contributed by atoms with Gasteiger partial charge in [-0.3, -0.25) is 9.69 Å². The number of rotatable bonds is 5. The lowest BCUT2D eigenvalue weighted by Crippen LogP contribution is -2.64. The Morgan fingerprint density at radius 3 is 2.53 bits per heavy atom. The fourth-order valence-corrected chi connectivity index (χ4v) is 2.89. The third-order valence-electron chi connectivity index (χ3n) is 4.05. The average molecular weight is 211 g/mol. The summed E-state index contributed by atoms with van der Waals surface area (Å²) in [6.45, 7) is 4.18. The molecule has 1 saturated carbocycles. The lowest BCUT2D eigenvalue weighted by Gasteiger charge is -2.57. The van der Waals surface area contributed by atoms with E-state index in [-0.39, 0.29) is 6.04 Å². The second-order valence-corrected chi connectivity index (χ2v) is 5.25. The number of likely N-dealkylation sites (tertiary alicyclic amines) is 1. The average Bonchev–Trinajstić information content (AvgIpc) is 2.04. The van der Waals surface area contributed by atoms with Gasteiger partial charge in [0.05, 0.1) is 0 Å². The molecular weight excluding hydrogens is 190 g/mol. The minimum atomic E-state index is -0.627. The van der Waals surface area contributed by atoms with Gasteiger partial charge in [0.2, 0.25) is 0 Å². The molecule has 2 fully saturated rings. The van der Waals surface area contributed by atoms with E-state index in [2.05, 4.69) is 11.8 Å². The molecule has 3 heteroatoms. The van der Waals surface area contributed by atoms with Crippen molar-refractivity contribution in [2.75, 3.05) is 13.1 Å². The zero-order valence-corrected chi connectivity index (χ0v) is 9.54. The molecule has 1 unspecified atom stereocenters. The van der Waals surface area contributed by atoms with E-state index in [0.29, 0.717) is 5.41 Å². The Hall–Kier alpha value is -0.570. The Morgan fingerprint density at radius 2 is 2.13 bits per heavy atom. The molecule has 1 aliphatic carbocycles. The van der Waals surface area contributed by atoms with E-state index in [1.54, 1.807) is 0 Å². The molecule has 1 aliphatic heterocycles. The molecule has 0 aromatic rings. The zero-order valence-electron chi connectivity index (χ0n) is 9.54. The SMILES string of the molecule is CCCCC(C(=O)O)N1CC2(CCC2)C1. The summed E-state index contributed by atoms with van der Waals surface area (Å²) in [5.41, 5.74) is 0.542. The summed E-state index contributed by atoms with van der Waals surface area (Å²) in [7, 11) is 0. The molecule has 86 valence electrons. The summed E-state index contributed by atoms with van der Waals surface area (Å²) >= 11 is 0. The van der Waals surface area contributed by atoms with E-state index in [0.717, 1.165) is 32.4 Å². The highest BCUT2D eigenvalue weighted by atomic mass is 16.4. The van der Waals surface area contributed by atoms with E-state index in [1.165, 1.54) is 19.3 Å². The smallest absolute Gasteiger partial charge is 0.320 e. The highest BCUT2D eigenvalue weighted by Crippen LogP contribution is 2.49. The summed E-state index contributed by atoms with van der Waals surface area (Å²) < 4.78 is 0. The number of carbonyl (C=O) groups is 1. The lowest BCUT2D eigenvalue weighted by molar-refractivity contribution is -0.154. The van der Waals surface area contributed by atoms with Gasteiger partial charge in [-0.05, 0) is 24.7 Å². The van der Waals surface area contributed by atoms with Gasteiger partial charge < -0.3 is 5.11 Å². The molecule has 0 radical (unpaired) electrons. The van der Waals surface area contributed by atoms with Crippen LogP contribution >= 0.6 is 0 Å². The van der Waals surface area contributed by atoms with Gasteiger partial charge in [0.25, 0.3) is 0 Å². The van der Waals surface area contributed by atoms with E-state index in [1.807, 2.05) is 0 Å². The summed E-state index contributed by atoms with van der Waals surface area (Å²) in [4.78, 5) is 13.3. The molecule has 1 spiro atoms. The van der Waals surface area contributed by atoms with E-state index < -0.39 is 5.97 Å². The molecule has 0 aromatic carbocycles. The van der Waals surface area contributed by atoms with Crippen LogP contribution in [0, 0.1) is 5.41 Å². The standard InChI is InChI=1S/C12H21NO2/c1-2-3-5-10(11(14)15)13-8-12(9-13)6-4-7-12/h10H,2-9H2,1H3,(H,14,15). The van der Waals surface area contributed by atoms with Crippen LogP contribution in [-0.4, -0.2) is 35.1 Å². The highest BCUT2D eigenvalue weighted by molar-refractivity contribution is 5.73. The van der Waals surface area contributed by atoms with Crippen LogP contribution in [0.3, 0.4) is 0 Å². The molecule has 1 saturated heterocycles. The zero-order chi connectivity index (χ0) is 10.9. The monoisotopic (exact) mass is 211 g/mol. The Kier molecular flexibility index (Phi) is 3.01. The highest BCUT2D eigenvalue weighted by Gasteiger charge is 2.50. The first kappa shape index (κ1) is 10.9. The number of carboxylic acids is 1. The van der Waals surface area contributed by atoms with E-state index >= 15 is 0 Å². The van der Waals surface area contributed by atoms with Gasteiger partial charge in [-0.15, -0.1) is 0 Å². The van der Waals surface area contributed by atoms with Crippen LogP contribution in [0.1, 0.15) is 45.4 Å². The minimum absolute atomic E-state index is 0.212. The van der Waals surface area contributed by atoms with Gasteiger partial charge in [0, 0.05) is 13.1 Å². The fourth-order valence-electron chi connectivity index (χ4n) is 2.89. The predicted octanol–water partition coefficient (Wildman–Crippen LogP) is 2.12. The molecule has 15 heavy (non-hydrogen) atoms. The Balaban J connectivity index is 1.82. The molecule has 2 aliphatic rings. The van der Waals surface area contributed by atoms with Gasteiger partial charge >= 0.3 is 5.97 Å². The normalized spacial score (nSPS) is 25.7. The van der Waals surface area contributed by atoms with Gasteiger partial charge in [0.15, 0.2) is 0 Å². The van der Waals surface area contributed by atoms with Gasteiger partial charge in [0.1, 0.15) is 6.04 Å². The van der Waals surface area contributed by atoms with Gasteiger partial charge in [-0.1, -0.05) is 26.2 Å². The summed E-state index contributed by atoms with van der Waals surface area (Å²) in [5, 5.41) is 9.15. The first-order valence-corrected chi connectivity index (χ1v) is 6.14. The molecular formula is C12H21NO2. The fraction of sp³-hybridized carbons (Fsp3) is 0.917. The van der Waals surface area contributed by atoms with Crippen molar-refractivity contribution < 1.29 is 9.90 Å². The van der Waals surface area contributed by atoms with Crippen molar-refractivity contribution in [2.45, 2.75) is 51.5 Å². The van der Waals surface area contributed by atoms with Crippen LogP contribution < -0.4 is 0 Å². The number of hydrogen-bond donors (Lipinski definition) is 1. The molecule has 0 amide bonds. The predicted molar refractivity (Wildman–Crippen MR) is 58.8 cm³/mol. The maximum absolute atomic E-state index is 11.1. The van der Waals surface area contributed by atoms with Crippen molar-refractivity contribution in [3.05, 3.63) is 0 Å². The first-order valence-electron chi connectivity index (χ1n) is 6.14. The second kappa shape index (κ2) is 4.12. The van der Waals surface area contributed by atoms with Crippen molar-refractivity contribution in [3.8, 4) is 0 Å². The maximum atomic E-state index is 11.1. The van der Waals surface area contributed by atoms with Crippen LogP contribution in [0.2, 0.25) is 0 Å². The van der Waals surface area contributed by atoms with Crippen LogP contribution in [0.25, 0.3) is 0 Å². The van der Waals surface area contributed by atoms with Crippen molar-refractivity contribution in [1.82, 2.24) is 4.90 Å². The van der Waals surface area contributed by atoms with Crippen molar-refractivity contribution >= 4 is 5.97 Å². The van der Waals surface area contributed by atoms with Crippen LogP contribution in [-0.2, 0) is 4.79 Å². The lowest BCUT2D eigenvalue weighted by atomic mass is 9.63. The van der Waals surface area contributed by atoms with Crippen LogP contribution in [0.4, 0.5) is 0 Å². The van der Waals surface area contributed by atoms with E-state index in [4.69, 9.17) is 5.11 Å². The van der Waals surface area contributed by atoms with Crippen molar-refractivity contribution in [1.29, 1.82) is 0 Å².